The van der Waals surface area contributed by atoms with Crippen LogP contribution in [0.3, 0.4) is 0 Å². The van der Waals surface area contributed by atoms with Crippen LogP contribution in [0.2, 0.25) is 0 Å². The van der Waals surface area contributed by atoms with Crippen LogP contribution >= 0.6 is 0 Å². The minimum absolute atomic E-state index is 0.148. The van der Waals surface area contributed by atoms with Crippen molar-refractivity contribution in [3.8, 4) is 0 Å². The molecule has 7 heteroatoms. The van der Waals surface area contributed by atoms with E-state index in [9.17, 15) is 4.79 Å². The maximum absolute atomic E-state index is 11.7. The van der Waals surface area contributed by atoms with Crippen molar-refractivity contribution < 1.29 is 14.5 Å². The Bertz CT molecular complexity index is 383. The highest BCUT2D eigenvalue weighted by Gasteiger charge is 2.32. The molecule has 0 atom stereocenters. The summed E-state index contributed by atoms with van der Waals surface area (Å²) in [7, 11) is 0. The highest BCUT2D eigenvalue weighted by atomic mass is 16.5. The van der Waals surface area contributed by atoms with Crippen LogP contribution in [0.15, 0.2) is 22.0 Å². The Labute approximate surface area is 92.3 Å². The monoisotopic (exact) mass is 226 g/mol. The third-order valence-electron chi connectivity index (χ3n) is 2.24. The Morgan fingerprint density at radius 1 is 1.75 bits per heavy atom. The first-order valence-corrected chi connectivity index (χ1v) is 4.64. The van der Waals surface area contributed by atoms with Crippen molar-refractivity contribution in [3.05, 3.63) is 18.0 Å². The number of aromatic nitrogens is 1. The van der Waals surface area contributed by atoms with Gasteiger partial charge in [0.05, 0.1) is 6.54 Å². The topological polar surface area (TPSA) is 114 Å². The van der Waals surface area contributed by atoms with Crippen molar-refractivity contribution in [2.75, 3.05) is 0 Å². The molecular weight excluding hydrogens is 212 g/mol. The van der Waals surface area contributed by atoms with E-state index in [-0.39, 0.29) is 18.3 Å². The Morgan fingerprint density at radius 3 is 2.94 bits per heavy atom. The Hall–Kier alpha value is -2.05. The number of hydrogen-bond donors (Lipinski definition) is 3. The highest BCUT2D eigenvalue weighted by molar-refractivity contribution is 6.05. The smallest absolute Gasteiger partial charge is 0.233 e. The largest absolute Gasteiger partial charge is 0.409 e. The standard InChI is InChI=1S/C9H14N4O3/c1-9(2,7(10)12-15)8(14)11-5-6-3-4-16-13-6/h3-4,15H,5H2,1-2H3,(H2,10,12)(H,11,14). The number of carbonyl (C=O) groups excluding carboxylic acids is 1. The molecular formula is C9H14N4O3. The Kier molecular flexibility index (Phi) is 3.49. The number of nitrogens with one attached hydrogen (secondary N) is 1. The zero-order valence-corrected chi connectivity index (χ0v) is 9.10. The number of oxime groups is 1. The van der Waals surface area contributed by atoms with Gasteiger partial charge in [0, 0.05) is 6.07 Å². The number of rotatable bonds is 4. The van der Waals surface area contributed by atoms with Crippen LogP contribution in [0.25, 0.3) is 0 Å². The van der Waals surface area contributed by atoms with Crippen molar-refractivity contribution in [2.45, 2.75) is 20.4 Å². The van der Waals surface area contributed by atoms with Gasteiger partial charge in [-0.25, -0.2) is 0 Å². The maximum Gasteiger partial charge on any atom is 0.233 e. The molecule has 0 aromatic carbocycles. The molecule has 0 radical (unpaired) electrons. The van der Waals surface area contributed by atoms with E-state index in [4.69, 9.17) is 10.9 Å². The van der Waals surface area contributed by atoms with Crippen molar-refractivity contribution in [1.29, 1.82) is 0 Å². The van der Waals surface area contributed by atoms with E-state index in [1.165, 1.54) is 6.26 Å². The van der Waals surface area contributed by atoms with Gasteiger partial charge in [-0.15, -0.1) is 0 Å². The third-order valence-corrected chi connectivity index (χ3v) is 2.24. The Morgan fingerprint density at radius 2 is 2.44 bits per heavy atom. The molecule has 1 amide bonds. The lowest BCUT2D eigenvalue weighted by Crippen LogP contribution is -2.45. The lowest BCUT2D eigenvalue weighted by Gasteiger charge is -2.21. The van der Waals surface area contributed by atoms with Gasteiger partial charge in [-0.05, 0) is 13.8 Å². The van der Waals surface area contributed by atoms with E-state index in [1.807, 2.05) is 0 Å². The molecule has 1 heterocycles. The fourth-order valence-electron chi connectivity index (χ4n) is 0.962. The van der Waals surface area contributed by atoms with Gasteiger partial charge in [-0.3, -0.25) is 4.79 Å². The van der Waals surface area contributed by atoms with Crippen LogP contribution in [-0.2, 0) is 11.3 Å². The van der Waals surface area contributed by atoms with Crippen molar-refractivity contribution >= 4 is 11.7 Å². The first-order valence-electron chi connectivity index (χ1n) is 4.64. The van der Waals surface area contributed by atoms with Gasteiger partial charge < -0.3 is 20.8 Å². The van der Waals surface area contributed by atoms with Crippen molar-refractivity contribution in [3.63, 3.8) is 0 Å². The van der Waals surface area contributed by atoms with Gasteiger partial charge in [-0.1, -0.05) is 10.3 Å². The molecule has 16 heavy (non-hydrogen) atoms. The molecule has 4 N–H and O–H groups in total. The normalized spacial score (nSPS) is 12.5. The molecule has 0 saturated carbocycles. The second kappa shape index (κ2) is 4.65. The molecule has 0 aliphatic carbocycles. The Balaban J connectivity index is 2.59. The molecule has 0 aliphatic heterocycles. The zero-order chi connectivity index (χ0) is 12.2. The summed E-state index contributed by atoms with van der Waals surface area (Å²) >= 11 is 0. The second-order valence-corrected chi connectivity index (χ2v) is 3.78. The van der Waals surface area contributed by atoms with Crippen LogP contribution in [-0.4, -0.2) is 22.1 Å². The summed E-state index contributed by atoms with van der Waals surface area (Å²) in [5.41, 5.74) is 4.94. The van der Waals surface area contributed by atoms with Crippen LogP contribution in [0.1, 0.15) is 19.5 Å². The predicted molar refractivity (Wildman–Crippen MR) is 55.5 cm³/mol. The van der Waals surface area contributed by atoms with Crippen LogP contribution in [0.5, 0.6) is 0 Å². The van der Waals surface area contributed by atoms with E-state index in [0.717, 1.165) is 0 Å². The second-order valence-electron chi connectivity index (χ2n) is 3.78. The van der Waals surface area contributed by atoms with E-state index < -0.39 is 5.41 Å². The lowest BCUT2D eigenvalue weighted by molar-refractivity contribution is -0.126. The summed E-state index contributed by atoms with van der Waals surface area (Å²) in [6, 6.07) is 1.64. The molecule has 1 aromatic rings. The van der Waals surface area contributed by atoms with E-state index in [1.54, 1.807) is 19.9 Å². The minimum atomic E-state index is -1.07. The summed E-state index contributed by atoms with van der Waals surface area (Å²) in [5, 5.41) is 17.6. The number of nitrogens with two attached hydrogens (primary N) is 1. The molecule has 88 valence electrons. The molecule has 0 unspecified atom stereocenters. The molecule has 0 saturated heterocycles. The number of nitrogens with zero attached hydrogens (tertiary/aromatic N) is 2. The fraction of sp³-hybridized carbons (Fsp3) is 0.444. The van der Waals surface area contributed by atoms with Crippen LogP contribution < -0.4 is 11.1 Å². The van der Waals surface area contributed by atoms with Crippen LogP contribution in [0, 0.1) is 5.41 Å². The van der Waals surface area contributed by atoms with Gasteiger partial charge in [0.15, 0.2) is 5.84 Å². The minimum Gasteiger partial charge on any atom is -0.409 e. The predicted octanol–water partition coefficient (Wildman–Crippen LogP) is 0.0634. The zero-order valence-electron chi connectivity index (χ0n) is 9.10. The molecule has 0 spiro atoms. The van der Waals surface area contributed by atoms with Crippen LogP contribution in [0.4, 0.5) is 0 Å². The molecule has 7 nitrogen and oxygen atoms in total. The van der Waals surface area contributed by atoms with Crippen molar-refractivity contribution in [2.24, 2.45) is 16.3 Å². The summed E-state index contributed by atoms with van der Waals surface area (Å²) < 4.78 is 4.61. The summed E-state index contributed by atoms with van der Waals surface area (Å²) in [4.78, 5) is 11.7. The average molecular weight is 226 g/mol. The van der Waals surface area contributed by atoms with Gasteiger partial charge >= 0.3 is 0 Å². The first kappa shape index (κ1) is 12.0. The molecule has 0 fully saturated rings. The summed E-state index contributed by atoms with van der Waals surface area (Å²) in [6.07, 6.45) is 1.41. The molecule has 0 aliphatic rings. The fourth-order valence-corrected chi connectivity index (χ4v) is 0.962. The van der Waals surface area contributed by atoms with Gasteiger partial charge in [0.1, 0.15) is 17.4 Å². The van der Waals surface area contributed by atoms with Gasteiger partial charge in [0.2, 0.25) is 5.91 Å². The first-order chi connectivity index (χ1) is 7.48. The van der Waals surface area contributed by atoms with Gasteiger partial charge in [0.25, 0.3) is 0 Å². The summed E-state index contributed by atoms with van der Waals surface area (Å²) in [5.74, 6) is -0.504. The number of amidine groups is 1. The SMILES string of the molecule is CC(C)(C(=O)NCc1ccon1)/C(N)=N/O. The van der Waals surface area contributed by atoms with E-state index >= 15 is 0 Å². The lowest BCUT2D eigenvalue weighted by atomic mass is 9.91. The van der Waals surface area contributed by atoms with Crippen molar-refractivity contribution in [1.82, 2.24) is 10.5 Å². The molecule has 1 aromatic heterocycles. The van der Waals surface area contributed by atoms with Gasteiger partial charge in [-0.2, -0.15) is 0 Å². The average Bonchev–Trinajstić information content (AvgIpc) is 2.77. The van der Waals surface area contributed by atoms with E-state index in [0.29, 0.717) is 5.69 Å². The van der Waals surface area contributed by atoms with E-state index in [2.05, 4.69) is 20.2 Å². The number of carbonyl (C=O) groups is 1. The molecule has 1 rings (SSSR count). The quantitative estimate of drug-likeness (QED) is 0.291. The number of amides is 1. The maximum atomic E-state index is 11.7. The third kappa shape index (κ3) is 2.50. The number of hydrogen-bond acceptors (Lipinski definition) is 5. The summed E-state index contributed by atoms with van der Waals surface area (Å²) in [6.45, 7) is 3.35. The molecule has 0 bridgehead atoms. The highest BCUT2D eigenvalue weighted by Crippen LogP contribution is 2.15.